The molecule has 2 atom stereocenters. The molecule has 0 N–H and O–H groups in total. The highest BCUT2D eigenvalue weighted by Crippen LogP contribution is 2.36. The second-order valence-electron chi connectivity index (χ2n) is 6.28. The lowest BCUT2D eigenvalue weighted by Crippen LogP contribution is -2.31. The van der Waals surface area contributed by atoms with Crippen molar-refractivity contribution in [2.45, 2.75) is 38.4 Å². The highest BCUT2D eigenvalue weighted by atomic mass is 19.4. The van der Waals surface area contributed by atoms with Gasteiger partial charge in [0.25, 0.3) is 0 Å². The van der Waals surface area contributed by atoms with Gasteiger partial charge >= 0.3 is 12.4 Å². The van der Waals surface area contributed by atoms with Gasteiger partial charge in [-0.15, -0.1) is 0 Å². The summed E-state index contributed by atoms with van der Waals surface area (Å²) in [5.74, 6) is -0.361. The van der Waals surface area contributed by atoms with Gasteiger partial charge in [0.05, 0.1) is 34.4 Å². The van der Waals surface area contributed by atoms with E-state index in [1.54, 1.807) is 0 Å². The molecule has 0 aliphatic carbocycles. The summed E-state index contributed by atoms with van der Waals surface area (Å²) in [6.45, 7) is 2.93. The standard InChI is InChI=1S/C20H14F6N2O2/c1-11(29-15-5-3-13(9-27)17(7-15)19(21,22)23)12(2)30-16-6-4-14(10-28)18(8-16)20(24,25)26/h3-8,11-12H,1-2H3/t11-,12-/m1/s1. The van der Waals surface area contributed by atoms with E-state index in [0.29, 0.717) is 12.1 Å². The summed E-state index contributed by atoms with van der Waals surface area (Å²) < 4.78 is 89.1. The summed E-state index contributed by atoms with van der Waals surface area (Å²) in [6, 6.07) is 8.54. The van der Waals surface area contributed by atoms with Gasteiger partial charge in [-0.1, -0.05) is 0 Å². The Morgan fingerprint density at radius 2 is 1.03 bits per heavy atom. The second-order valence-corrected chi connectivity index (χ2v) is 6.28. The molecule has 158 valence electrons. The molecular formula is C20H14F6N2O2. The van der Waals surface area contributed by atoms with Crippen LogP contribution in [0, 0.1) is 22.7 Å². The van der Waals surface area contributed by atoms with E-state index in [2.05, 4.69) is 0 Å². The van der Waals surface area contributed by atoms with Crippen molar-refractivity contribution >= 4 is 0 Å². The zero-order valence-corrected chi connectivity index (χ0v) is 15.6. The molecule has 0 bridgehead atoms. The van der Waals surface area contributed by atoms with Crippen LogP contribution in [0.1, 0.15) is 36.1 Å². The number of hydrogen-bond acceptors (Lipinski definition) is 4. The Hall–Kier alpha value is -3.40. The predicted octanol–water partition coefficient (Wildman–Crippen LogP) is 5.70. The first-order valence-corrected chi connectivity index (χ1v) is 8.42. The van der Waals surface area contributed by atoms with Crippen molar-refractivity contribution in [3.8, 4) is 23.6 Å². The first-order valence-electron chi connectivity index (χ1n) is 8.42. The van der Waals surface area contributed by atoms with Crippen LogP contribution < -0.4 is 9.47 Å². The highest BCUT2D eigenvalue weighted by molar-refractivity contribution is 5.45. The van der Waals surface area contributed by atoms with Crippen LogP contribution >= 0.6 is 0 Å². The lowest BCUT2D eigenvalue weighted by molar-refractivity contribution is -0.138. The molecule has 30 heavy (non-hydrogen) atoms. The Balaban J connectivity index is 2.19. The molecule has 2 aromatic carbocycles. The minimum atomic E-state index is -4.76. The number of ether oxygens (including phenoxy) is 2. The summed E-state index contributed by atoms with van der Waals surface area (Å²) in [4.78, 5) is 0. The Bertz CT molecular complexity index is 921. The van der Waals surface area contributed by atoms with Gasteiger partial charge in [-0.3, -0.25) is 0 Å². The molecular weight excluding hydrogens is 414 g/mol. The summed E-state index contributed by atoms with van der Waals surface area (Å²) in [5.41, 5.74) is -3.46. The van der Waals surface area contributed by atoms with Crippen LogP contribution in [0.2, 0.25) is 0 Å². The van der Waals surface area contributed by atoms with Gasteiger partial charge in [-0.05, 0) is 50.2 Å². The molecule has 0 aliphatic heterocycles. The van der Waals surface area contributed by atoms with Gasteiger partial charge in [0.1, 0.15) is 23.7 Å². The fourth-order valence-electron chi connectivity index (χ4n) is 2.48. The molecule has 0 saturated carbocycles. The van der Waals surface area contributed by atoms with Crippen molar-refractivity contribution in [3.05, 3.63) is 58.7 Å². The summed E-state index contributed by atoms with van der Waals surface area (Å²) >= 11 is 0. The maximum absolute atomic E-state index is 13.0. The fourth-order valence-corrected chi connectivity index (χ4v) is 2.48. The number of benzene rings is 2. The first-order chi connectivity index (χ1) is 13.9. The van der Waals surface area contributed by atoms with Crippen molar-refractivity contribution < 1.29 is 35.8 Å². The third-order valence-corrected chi connectivity index (χ3v) is 4.14. The van der Waals surface area contributed by atoms with E-state index in [-0.39, 0.29) is 11.5 Å². The summed E-state index contributed by atoms with van der Waals surface area (Å²) in [5, 5.41) is 17.6. The van der Waals surface area contributed by atoms with Crippen molar-refractivity contribution in [1.29, 1.82) is 10.5 Å². The predicted molar refractivity (Wildman–Crippen MR) is 92.5 cm³/mol. The largest absolute Gasteiger partial charge is 0.487 e. The number of alkyl halides is 6. The van der Waals surface area contributed by atoms with Gasteiger partial charge in [0, 0.05) is 0 Å². The molecule has 10 heteroatoms. The molecule has 4 nitrogen and oxygen atoms in total. The van der Waals surface area contributed by atoms with Crippen molar-refractivity contribution in [1.82, 2.24) is 0 Å². The van der Waals surface area contributed by atoms with Gasteiger partial charge in [-0.25, -0.2) is 0 Å². The third kappa shape index (κ3) is 5.35. The van der Waals surface area contributed by atoms with Gasteiger partial charge in [0.2, 0.25) is 0 Å². The average molecular weight is 428 g/mol. The lowest BCUT2D eigenvalue weighted by atomic mass is 10.1. The molecule has 0 saturated heterocycles. The van der Waals surface area contributed by atoms with Crippen LogP contribution in [0.25, 0.3) is 0 Å². The normalized spacial score (nSPS) is 13.7. The molecule has 0 spiro atoms. The molecule has 0 fully saturated rings. The van der Waals surface area contributed by atoms with Gasteiger partial charge in [0.15, 0.2) is 0 Å². The summed E-state index contributed by atoms with van der Waals surface area (Å²) in [6.07, 6.45) is -11.2. The molecule has 0 amide bonds. The number of nitriles is 2. The Labute approximate surface area is 167 Å². The minimum absolute atomic E-state index is 0.180. The Kier molecular flexibility index (Phi) is 6.51. The number of nitrogens with zero attached hydrogens (tertiary/aromatic N) is 2. The number of hydrogen-bond donors (Lipinski definition) is 0. The lowest BCUT2D eigenvalue weighted by Gasteiger charge is -2.24. The van der Waals surface area contributed by atoms with Crippen LogP contribution in [0.4, 0.5) is 26.3 Å². The fraction of sp³-hybridized carbons (Fsp3) is 0.300. The molecule has 2 rings (SSSR count). The Morgan fingerprint density at radius 3 is 1.30 bits per heavy atom. The van der Waals surface area contributed by atoms with E-state index in [9.17, 15) is 26.3 Å². The van der Waals surface area contributed by atoms with Crippen molar-refractivity contribution in [2.24, 2.45) is 0 Å². The van der Waals surface area contributed by atoms with E-state index in [1.807, 2.05) is 0 Å². The Morgan fingerprint density at radius 1 is 0.700 bits per heavy atom. The maximum Gasteiger partial charge on any atom is 0.417 e. The highest BCUT2D eigenvalue weighted by Gasteiger charge is 2.35. The second kappa shape index (κ2) is 8.54. The van der Waals surface area contributed by atoms with E-state index < -0.39 is 46.8 Å². The topological polar surface area (TPSA) is 66.0 Å². The maximum atomic E-state index is 13.0. The molecule has 0 heterocycles. The van der Waals surface area contributed by atoms with Gasteiger partial charge < -0.3 is 9.47 Å². The number of rotatable bonds is 5. The van der Waals surface area contributed by atoms with Crippen LogP contribution in [-0.4, -0.2) is 12.2 Å². The quantitative estimate of drug-likeness (QED) is 0.573. The first kappa shape index (κ1) is 22.9. The van der Waals surface area contributed by atoms with Crippen LogP contribution in [0.15, 0.2) is 36.4 Å². The monoisotopic (exact) mass is 428 g/mol. The summed E-state index contributed by atoms with van der Waals surface area (Å²) in [7, 11) is 0. The van der Waals surface area contributed by atoms with E-state index in [1.165, 1.54) is 38.1 Å². The molecule has 0 aliphatic rings. The third-order valence-electron chi connectivity index (χ3n) is 4.14. The van der Waals surface area contributed by atoms with Crippen LogP contribution in [0.5, 0.6) is 11.5 Å². The van der Waals surface area contributed by atoms with Crippen molar-refractivity contribution in [2.75, 3.05) is 0 Å². The number of halogens is 6. The smallest absolute Gasteiger partial charge is 0.417 e. The average Bonchev–Trinajstić information content (AvgIpc) is 2.66. The zero-order valence-electron chi connectivity index (χ0n) is 15.6. The molecule has 0 aromatic heterocycles. The minimum Gasteiger partial charge on any atom is -0.487 e. The van der Waals surface area contributed by atoms with E-state index >= 15 is 0 Å². The molecule has 2 aromatic rings. The molecule has 0 radical (unpaired) electrons. The molecule has 0 unspecified atom stereocenters. The van der Waals surface area contributed by atoms with Crippen LogP contribution in [0.3, 0.4) is 0 Å². The zero-order chi connectivity index (χ0) is 22.7. The van der Waals surface area contributed by atoms with E-state index in [0.717, 1.165) is 12.1 Å². The van der Waals surface area contributed by atoms with Crippen molar-refractivity contribution in [3.63, 3.8) is 0 Å². The van der Waals surface area contributed by atoms with Gasteiger partial charge in [-0.2, -0.15) is 36.9 Å². The SMILES string of the molecule is C[C@@H](Oc1ccc(C#N)c(C(F)(F)F)c1)[C@@H](C)Oc1ccc(C#N)c(C(F)(F)F)c1. The van der Waals surface area contributed by atoms with E-state index in [4.69, 9.17) is 20.0 Å². The van der Waals surface area contributed by atoms with Crippen LogP contribution in [-0.2, 0) is 12.4 Å².